The standard InChI is InChI=1S/C2H4O2S.CH4OS/c3-2(4)1-5;1-3-2/h5H,1H2,(H,3,4);2H,1H3. The highest BCUT2D eigenvalue weighted by molar-refractivity contribution is 7.93. The summed E-state index contributed by atoms with van der Waals surface area (Å²) in [6.07, 6.45) is 1.60. The van der Waals surface area contributed by atoms with Crippen LogP contribution in [0.5, 0.6) is 0 Å². The molecule has 0 unspecified atom stereocenters. The lowest BCUT2D eigenvalue weighted by atomic mass is 10.8. The zero-order valence-corrected chi connectivity index (χ0v) is 6.08. The highest BCUT2D eigenvalue weighted by Gasteiger charge is 1.81. The molecule has 0 fully saturated rings. The van der Waals surface area contributed by atoms with Crippen molar-refractivity contribution in [3.05, 3.63) is 0 Å². The maximum Gasteiger partial charge on any atom is 0.313 e. The molecule has 0 heterocycles. The second kappa shape index (κ2) is 10.2. The maximum absolute atomic E-state index is 9.29. The van der Waals surface area contributed by atoms with E-state index in [1.807, 2.05) is 0 Å². The summed E-state index contributed by atoms with van der Waals surface area (Å²) in [5.41, 5.74) is 0. The predicted molar refractivity (Wildman–Crippen MR) is 37.6 cm³/mol. The molecule has 0 bridgehead atoms. The normalized spacial score (nSPS) is 6.88. The third-order valence-electron chi connectivity index (χ3n) is 0.135. The van der Waals surface area contributed by atoms with Gasteiger partial charge in [-0.15, -0.1) is 0 Å². The molecule has 8 heavy (non-hydrogen) atoms. The molecule has 0 aromatic heterocycles. The third-order valence-corrected chi connectivity index (χ3v) is 0.406. The summed E-state index contributed by atoms with van der Waals surface area (Å²) in [6.45, 7) is 0. The summed E-state index contributed by atoms with van der Waals surface area (Å²) in [5.74, 6) is -0.965. The van der Waals surface area contributed by atoms with Gasteiger partial charge in [0.25, 0.3) is 0 Å². The Kier molecular flexibility index (Phi) is 14.0. The van der Waals surface area contributed by atoms with Crippen molar-refractivity contribution in [1.82, 2.24) is 0 Å². The van der Waals surface area contributed by atoms with E-state index in [4.69, 9.17) is 9.66 Å². The van der Waals surface area contributed by atoms with E-state index in [9.17, 15) is 4.79 Å². The lowest BCUT2D eigenvalue weighted by molar-refractivity contribution is -0.133. The van der Waals surface area contributed by atoms with Gasteiger partial charge in [-0.3, -0.25) is 4.79 Å². The van der Waals surface area contributed by atoms with Crippen molar-refractivity contribution in [2.24, 2.45) is 0 Å². The summed E-state index contributed by atoms with van der Waals surface area (Å²) in [6, 6.07) is 0. The first-order valence-electron chi connectivity index (χ1n) is 1.69. The average Bonchev–Trinajstić information content (AvgIpc) is 1.69. The smallest absolute Gasteiger partial charge is 0.313 e. The molecule has 0 saturated carbocycles. The molecule has 50 valence electrons. The van der Waals surface area contributed by atoms with Gasteiger partial charge >= 0.3 is 5.97 Å². The van der Waals surface area contributed by atoms with Crippen LogP contribution >= 0.6 is 24.7 Å². The van der Waals surface area contributed by atoms with Gasteiger partial charge in [-0.25, -0.2) is 0 Å². The van der Waals surface area contributed by atoms with Gasteiger partial charge in [0.05, 0.1) is 5.75 Å². The molecule has 2 N–H and O–H groups in total. The second-order valence-electron chi connectivity index (χ2n) is 0.734. The molecular weight excluding hydrogens is 148 g/mol. The Labute approximate surface area is 57.7 Å². The van der Waals surface area contributed by atoms with E-state index in [-0.39, 0.29) is 5.75 Å². The molecule has 5 heteroatoms. The van der Waals surface area contributed by atoms with Crippen LogP contribution in [-0.4, -0.2) is 27.6 Å². The lowest BCUT2D eigenvalue weighted by Gasteiger charge is -1.71. The molecule has 0 spiro atoms. The van der Waals surface area contributed by atoms with Crippen LogP contribution < -0.4 is 0 Å². The number of thiol groups is 1. The molecule has 0 aliphatic heterocycles. The van der Waals surface area contributed by atoms with Gasteiger partial charge in [-0.2, -0.15) is 12.6 Å². The van der Waals surface area contributed by atoms with Gasteiger partial charge in [-0.1, -0.05) is 0 Å². The Morgan fingerprint density at radius 3 is 2.00 bits per heavy atom. The van der Waals surface area contributed by atoms with Crippen molar-refractivity contribution in [2.75, 3.05) is 12.0 Å². The second-order valence-corrected chi connectivity index (χ2v) is 1.42. The van der Waals surface area contributed by atoms with Crippen LogP contribution in [0.2, 0.25) is 0 Å². The fourth-order valence-corrected chi connectivity index (χ4v) is 0. The van der Waals surface area contributed by atoms with Crippen LogP contribution in [0.3, 0.4) is 0 Å². The number of hydrogen-bond donors (Lipinski definition) is 3. The molecule has 0 radical (unpaired) electrons. The predicted octanol–water partition coefficient (Wildman–Crippen LogP) is 0.823. The minimum atomic E-state index is -0.881. The van der Waals surface area contributed by atoms with E-state index in [2.05, 4.69) is 12.6 Å². The first-order chi connectivity index (χ1) is 3.68. The van der Waals surface area contributed by atoms with E-state index < -0.39 is 5.97 Å². The van der Waals surface area contributed by atoms with Crippen molar-refractivity contribution < 1.29 is 14.5 Å². The van der Waals surface area contributed by atoms with Gasteiger partial charge in [-0.05, 0) is 12.0 Å². The molecule has 0 rings (SSSR count). The van der Waals surface area contributed by atoms with Crippen LogP contribution in [0.1, 0.15) is 0 Å². The summed E-state index contributed by atoms with van der Waals surface area (Å²) in [5, 5.41) is 7.65. The summed E-state index contributed by atoms with van der Waals surface area (Å²) >= 11 is 4.17. The SMILES string of the molecule is CSO.O=C(O)CS. The molecule has 0 aliphatic carbocycles. The van der Waals surface area contributed by atoms with Gasteiger partial charge in [0.2, 0.25) is 0 Å². The Morgan fingerprint density at radius 2 is 2.00 bits per heavy atom. The number of rotatable bonds is 1. The van der Waals surface area contributed by atoms with Gasteiger partial charge in [0.15, 0.2) is 0 Å². The van der Waals surface area contributed by atoms with Crippen LogP contribution in [0.15, 0.2) is 0 Å². The molecule has 3 nitrogen and oxygen atoms in total. The zero-order valence-electron chi connectivity index (χ0n) is 4.37. The van der Waals surface area contributed by atoms with E-state index in [0.29, 0.717) is 0 Å². The van der Waals surface area contributed by atoms with Gasteiger partial charge < -0.3 is 9.66 Å². The van der Waals surface area contributed by atoms with E-state index in [0.717, 1.165) is 12.0 Å². The Bertz CT molecular complexity index is 56.5. The van der Waals surface area contributed by atoms with Gasteiger partial charge in [0, 0.05) is 6.26 Å². The fraction of sp³-hybridized carbons (Fsp3) is 0.667. The molecule has 0 amide bonds. The van der Waals surface area contributed by atoms with Crippen LogP contribution in [0, 0.1) is 0 Å². The summed E-state index contributed by atoms with van der Waals surface area (Å²) in [4.78, 5) is 9.29. The first kappa shape index (κ1) is 11.0. The topological polar surface area (TPSA) is 57.5 Å². The monoisotopic (exact) mass is 156 g/mol. The number of aliphatic carboxylic acids is 1. The zero-order chi connectivity index (χ0) is 6.99. The van der Waals surface area contributed by atoms with Crippen LogP contribution in [0.4, 0.5) is 0 Å². The number of carbonyl (C=O) groups is 1. The van der Waals surface area contributed by atoms with Crippen molar-refractivity contribution in [3.63, 3.8) is 0 Å². The first-order valence-corrected chi connectivity index (χ1v) is 3.50. The minimum absolute atomic E-state index is 0.0833. The van der Waals surface area contributed by atoms with E-state index in [1.165, 1.54) is 0 Å². The molecular formula is C3H8O3S2. The van der Waals surface area contributed by atoms with Crippen molar-refractivity contribution >= 4 is 30.6 Å². The molecule has 0 aliphatic rings. The molecule has 0 aromatic carbocycles. The van der Waals surface area contributed by atoms with E-state index in [1.54, 1.807) is 6.26 Å². The van der Waals surface area contributed by atoms with E-state index >= 15 is 0 Å². The largest absolute Gasteiger partial charge is 0.481 e. The Hall–Kier alpha value is 0.130. The van der Waals surface area contributed by atoms with Gasteiger partial charge in [0.1, 0.15) is 0 Å². The number of hydrogen-bond acceptors (Lipinski definition) is 4. The molecule has 0 aromatic rings. The molecule has 0 saturated heterocycles. The Morgan fingerprint density at radius 1 is 1.88 bits per heavy atom. The summed E-state index contributed by atoms with van der Waals surface area (Å²) in [7, 11) is 0. The van der Waals surface area contributed by atoms with Crippen molar-refractivity contribution in [2.45, 2.75) is 0 Å². The highest BCUT2D eigenvalue weighted by atomic mass is 32.2. The van der Waals surface area contributed by atoms with Crippen molar-refractivity contribution in [3.8, 4) is 0 Å². The quantitative estimate of drug-likeness (QED) is 0.388. The number of carboxylic acid groups (broad SMARTS) is 1. The Balaban J connectivity index is 0. The molecule has 0 atom stereocenters. The minimum Gasteiger partial charge on any atom is -0.481 e. The number of carboxylic acids is 1. The third kappa shape index (κ3) is 35.6. The highest BCUT2D eigenvalue weighted by Crippen LogP contribution is 1.69. The fourth-order valence-electron chi connectivity index (χ4n) is 0. The summed E-state index contributed by atoms with van der Waals surface area (Å²) < 4.78 is 7.49. The van der Waals surface area contributed by atoms with Crippen molar-refractivity contribution in [1.29, 1.82) is 0 Å². The maximum atomic E-state index is 9.29. The van der Waals surface area contributed by atoms with Crippen LogP contribution in [-0.2, 0) is 4.79 Å². The van der Waals surface area contributed by atoms with Crippen LogP contribution in [0.25, 0.3) is 0 Å². The lowest BCUT2D eigenvalue weighted by Crippen LogP contribution is -1.92. The average molecular weight is 156 g/mol.